The fourth-order valence-corrected chi connectivity index (χ4v) is 6.36. The van der Waals surface area contributed by atoms with Crippen LogP contribution in [0.25, 0.3) is 14.9 Å². The number of allylic oxidation sites excluding steroid dienone is 4. The van der Waals surface area contributed by atoms with E-state index in [0.717, 1.165) is 25.9 Å². The summed E-state index contributed by atoms with van der Waals surface area (Å²) >= 11 is 1.49. The average molecular weight is 548 g/mol. The van der Waals surface area contributed by atoms with Crippen molar-refractivity contribution in [3.63, 3.8) is 0 Å². The molecule has 0 fully saturated rings. The van der Waals surface area contributed by atoms with Crippen LogP contribution in [0.4, 0.5) is 0 Å². The molecule has 0 aromatic heterocycles. The van der Waals surface area contributed by atoms with Gasteiger partial charge in [-0.1, -0.05) is 0 Å². The first-order valence-electron chi connectivity index (χ1n) is 10.6. The molecule has 2 aliphatic rings. The van der Waals surface area contributed by atoms with Gasteiger partial charge in [0.2, 0.25) is 0 Å². The van der Waals surface area contributed by atoms with Gasteiger partial charge >= 0.3 is 191 Å². The number of hydrogen-bond acceptors (Lipinski definition) is 1. The minimum Gasteiger partial charge on any atom is -1.00 e. The first kappa shape index (κ1) is 26.6. The van der Waals surface area contributed by atoms with Crippen LogP contribution in [0.2, 0.25) is 19.6 Å². The van der Waals surface area contributed by atoms with Crippen molar-refractivity contribution in [1.82, 2.24) is 0 Å². The number of halogens is 2. The van der Waals surface area contributed by atoms with Crippen LogP contribution in [0.3, 0.4) is 0 Å². The molecule has 0 saturated carbocycles. The van der Waals surface area contributed by atoms with Crippen LogP contribution in [0.1, 0.15) is 37.3 Å². The van der Waals surface area contributed by atoms with Crippen molar-refractivity contribution < 1.29 is 54.0 Å². The molecule has 2 aromatic carbocycles. The number of hydrogen-bond donors (Lipinski definition) is 0. The van der Waals surface area contributed by atoms with Crippen molar-refractivity contribution in [2.45, 2.75) is 45.8 Å². The molecule has 0 spiro atoms. The molecule has 2 aromatic rings. The maximum atomic E-state index is 6.09. The van der Waals surface area contributed by atoms with E-state index in [1.807, 2.05) is 0 Å². The van der Waals surface area contributed by atoms with Gasteiger partial charge in [0.05, 0.1) is 0 Å². The van der Waals surface area contributed by atoms with Crippen LogP contribution in [-0.4, -0.2) is 14.9 Å². The molecule has 0 N–H and O–H groups in total. The van der Waals surface area contributed by atoms with E-state index in [-0.39, 0.29) is 24.8 Å². The Morgan fingerprint density at radius 1 is 0.968 bits per heavy atom. The molecule has 0 amide bonds. The Hall–Kier alpha value is -0.700. The molecule has 0 unspecified atom stereocenters. The van der Waals surface area contributed by atoms with Crippen molar-refractivity contribution in [3.05, 3.63) is 86.1 Å². The summed E-state index contributed by atoms with van der Waals surface area (Å²) in [6, 6.07) is 13.5. The van der Waals surface area contributed by atoms with E-state index in [4.69, 9.17) is 4.43 Å². The molecule has 31 heavy (non-hydrogen) atoms. The summed E-state index contributed by atoms with van der Waals surface area (Å²) in [7, 11) is -1.43. The van der Waals surface area contributed by atoms with E-state index in [1.54, 1.807) is 0 Å². The minimum atomic E-state index is -1.43. The van der Waals surface area contributed by atoms with Gasteiger partial charge in [-0.05, 0) is 0 Å². The Bertz CT molecular complexity index is 1240. The van der Waals surface area contributed by atoms with Crippen LogP contribution >= 0.6 is 0 Å². The van der Waals surface area contributed by atoms with E-state index >= 15 is 0 Å². The van der Waals surface area contributed by atoms with Crippen molar-refractivity contribution in [2.24, 2.45) is 0 Å². The molecule has 161 valence electrons. The molecule has 5 heteroatoms. The zero-order valence-electron chi connectivity index (χ0n) is 18.7. The summed E-state index contributed by atoms with van der Waals surface area (Å²) in [5, 5.41) is 5.60. The number of fused-ring (bicyclic) bond motifs is 2. The molecule has 4 rings (SSSR count). The standard InChI is InChI=1S/C26H29OSi.2ClH.Zr/c1-5-19-15-16-24-22-13-7-6-10-21(22)18-25(24)26(19)23-14-8-11-20(23)12-9-17-27-28(2,3)4;;;/h5-8,10-11,13,15-16H,9,12,14,17H2,1-4H3;2*1H;/q;;;+2/p-2. The van der Waals surface area contributed by atoms with Crippen LogP contribution in [-0.2, 0) is 29.1 Å². The second-order valence-corrected chi connectivity index (χ2v) is 14.6. The van der Waals surface area contributed by atoms with Crippen LogP contribution < -0.4 is 35.3 Å². The third-order valence-electron chi connectivity index (χ3n) is 5.74. The molecule has 0 radical (unpaired) electrons. The maximum Gasteiger partial charge on any atom is -1.00 e. The minimum absolute atomic E-state index is 0. The van der Waals surface area contributed by atoms with E-state index in [9.17, 15) is 0 Å². The predicted octanol–water partition coefficient (Wildman–Crippen LogP) is -0.856. The Morgan fingerprint density at radius 2 is 1.68 bits per heavy atom. The Kier molecular flexibility index (Phi) is 9.38. The molecule has 2 aliphatic carbocycles. The summed E-state index contributed by atoms with van der Waals surface area (Å²) in [5.74, 6) is 0. The van der Waals surface area contributed by atoms with E-state index in [1.165, 1.54) is 71.1 Å². The molecule has 0 aliphatic heterocycles. The van der Waals surface area contributed by atoms with Gasteiger partial charge in [0.15, 0.2) is 0 Å². The fourth-order valence-electron chi connectivity index (χ4n) is 4.43. The molecule has 1 nitrogen and oxygen atoms in total. The molecular weight excluding hydrogens is 519 g/mol. The van der Waals surface area contributed by atoms with E-state index in [0.29, 0.717) is 0 Å². The Morgan fingerprint density at radius 3 is 2.35 bits per heavy atom. The third-order valence-corrected chi connectivity index (χ3v) is 8.09. The summed E-state index contributed by atoms with van der Waals surface area (Å²) in [4.78, 5) is 0. The Labute approximate surface area is 214 Å². The molecule has 0 atom stereocenters. The summed E-state index contributed by atoms with van der Waals surface area (Å²) in [6.45, 7) is 9.84. The van der Waals surface area contributed by atoms with Crippen molar-refractivity contribution in [3.8, 4) is 0 Å². The summed E-state index contributed by atoms with van der Waals surface area (Å²) in [6.07, 6.45) is 10.2. The van der Waals surface area contributed by atoms with E-state index in [2.05, 4.69) is 81.2 Å². The van der Waals surface area contributed by atoms with Crippen LogP contribution in [0, 0.1) is 10.4 Å². The van der Waals surface area contributed by atoms with Gasteiger partial charge in [0, 0.05) is 0 Å². The van der Waals surface area contributed by atoms with Crippen molar-refractivity contribution in [2.75, 3.05) is 6.61 Å². The number of benzene rings is 2. The topological polar surface area (TPSA) is 9.23 Å². The number of rotatable bonds is 6. The van der Waals surface area contributed by atoms with Gasteiger partial charge < -0.3 is 24.8 Å². The normalized spacial score (nSPS) is 15.0. The quantitative estimate of drug-likeness (QED) is 0.338. The summed E-state index contributed by atoms with van der Waals surface area (Å²) in [5.41, 5.74) is 5.98. The molecule has 0 heterocycles. The van der Waals surface area contributed by atoms with Crippen LogP contribution in [0.15, 0.2) is 54.1 Å². The maximum absolute atomic E-state index is 6.09. The van der Waals surface area contributed by atoms with Gasteiger partial charge in [-0.3, -0.25) is 0 Å². The fraction of sp³-hybridized carbons (Fsp3) is 0.308. The first-order chi connectivity index (χ1) is 13.9. The smallest absolute Gasteiger partial charge is 1.00 e. The zero-order chi connectivity index (χ0) is 20.6. The predicted molar refractivity (Wildman–Crippen MR) is 122 cm³/mol. The van der Waals surface area contributed by atoms with Crippen molar-refractivity contribution in [1.29, 1.82) is 0 Å². The Balaban J connectivity index is 0.00000171. The van der Waals surface area contributed by atoms with E-state index < -0.39 is 8.32 Å². The van der Waals surface area contributed by atoms with Gasteiger partial charge in [0.1, 0.15) is 0 Å². The molecular formula is C26H29Cl2OSiZr. The first-order valence-corrected chi connectivity index (χ1v) is 15.2. The molecule has 0 saturated heterocycles. The van der Waals surface area contributed by atoms with Crippen molar-refractivity contribution >= 4 is 23.2 Å². The third kappa shape index (κ3) is 5.45. The monoisotopic (exact) mass is 545 g/mol. The summed E-state index contributed by atoms with van der Waals surface area (Å²) < 4.78 is 7.60. The van der Waals surface area contributed by atoms with Gasteiger partial charge in [-0.25, -0.2) is 0 Å². The molecule has 0 bridgehead atoms. The van der Waals surface area contributed by atoms with Gasteiger partial charge in [0.25, 0.3) is 0 Å². The van der Waals surface area contributed by atoms with Crippen LogP contribution in [0.5, 0.6) is 0 Å². The second-order valence-electron chi connectivity index (χ2n) is 8.84. The van der Waals surface area contributed by atoms with Gasteiger partial charge in [-0.15, -0.1) is 0 Å². The largest absolute Gasteiger partial charge is 1.00 e. The zero-order valence-corrected chi connectivity index (χ0v) is 23.7. The SMILES string of the molecule is CC=c1ccc2c(c1C1=C(CCCO[Si](C)(C)C)C=CC1)[C]([Zr+2])=c1ccccc1=2.[Cl-].[Cl-]. The average Bonchev–Trinajstić information content (AvgIpc) is 3.27. The van der Waals surface area contributed by atoms with Gasteiger partial charge in [-0.2, -0.15) is 0 Å². The second kappa shape index (κ2) is 10.9.